The molecule has 0 aliphatic carbocycles. The van der Waals surface area contributed by atoms with Crippen molar-refractivity contribution in [1.29, 1.82) is 0 Å². The topological polar surface area (TPSA) is 58.7 Å². The lowest BCUT2D eigenvalue weighted by atomic mass is 10.1. The maximum Gasteiger partial charge on any atom is 0.119 e. The molecular weight excluding hydrogens is 300 g/mol. The minimum atomic E-state index is 0.647. The molecule has 0 heterocycles. The van der Waals surface area contributed by atoms with Crippen LogP contribution in [0.15, 0.2) is 81.1 Å². The summed E-state index contributed by atoms with van der Waals surface area (Å²) in [4.78, 5) is 0. The van der Waals surface area contributed by atoms with Crippen LogP contribution in [0.1, 0.15) is 6.92 Å². The molecule has 0 saturated heterocycles. The van der Waals surface area contributed by atoms with Crippen molar-refractivity contribution in [2.45, 2.75) is 6.92 Å². The Hall–Kier alpha value is -3.08. The third-order valence-corrected chi connectivity index (χ3v) is 3.51. The Kier molecular flexibility index (Phi) is 4.91. The Morgan fingerprint density at radius 1 is 0.750 bits per heavy atom. The van der Waals surface area contributed by atoms with Crippen LogP contribution in [0.4, 0.5) is 17.1 Å². The van der Waals surface area contributed by atoms with E-state index in [4.69, 9.17) is 4.74 Å². The fourth-order valence-electron chi connectivity index (χ4n) is 2.44. The predicted molar refractivity (Wildman–Crippen MR) is 96.2 cm³/mol. The maximum atomic E-state index is 5.43. The summed E-state index contributed by atoms with van der Waals surface area (Å²) in [6, 6.07) is 19.3. The Morgan fingerprint density at radius 2 is 1.38 bits per heavy atom. The molecule has 0 aliphatic heterocycles. The van der Waals surface area contributed by atoms with E-state index in [1.165, 1.54) is 0 Å². The van der Waals surface area contributed by atoms with Crippen molar-refractivity contribution in [3.8, 4) is 5.75 Å². The predicted octanol–water partition coefficient (Wildman–Crippen LogP) is 6.37. The van der Waals surface area contributed by atoms with E-state index in [1.807, 2.05) is 67.6 Å². The number of azo groups is 2. The van der Waals surface area contributed by atoms with Gasteiger partial charge in [-0.1, -0.05) is 24.3 Å². The molecule has 0 unspecified atom stereocenters. The van der Waals surface area contributed by atoms with Crippen LogP contribution in [-0.2, 0) is 0 Å². The van der Waals surface area contributed by atoms with Crippen LogP contribution in [0, 0.1) is 0 Å². The molecule has 3 rings (SSSR count). The molecule has 5 nitrogen and oxygen atoms in total. The molecule has 0 atom stereocenters. The second-order valence-corrected chi connectivity index (χ2v) is 5.08. The molecule has 0 N–H and O–H groups in total. The lowest BCUT2D eigenvalue weighted by Crippen LogP contribution is -1.89. The average Bonchev–Trinajstić information content (AvgIpc) is 2.63. The van der Waals surface area contributed by atoms with Crippen molar-refractivity contribution in [3.05, 3.63) is 60.7 Å². The smallest absolute Gasteiger partial charge is 0.119 e. The molecule has 3 aromatic carbocycles. The zero-order valence-corrected chi connectivity index (χ0v) is 13.7. The molecule has 3 aromatic rings. The monoisotopic (exact) mass is 318 g/mol. The summed E-state index contributed by atoms with van der Waals surface area (Å²) in [5.74, 6) is 0.830. The highest BCUT2D eigenvalue weighted by Gasteiger charge is 2.04. The van der Waals surface area contributed by atoms with Crippen LogP contribution in [0.2, 0.25) is 0 Å². The molecule has 0 aromatic heterocycles. The van der Waals surface area contributed by atoms with Crippen LogP contribution < -0.4 is 4.74 Å². The molecule has 0 amide bonds. The fourth-order valence-corrected chi connectivity index (χ4v) is 2.44. The molecule has 0 bridgehead atoms. The Labute approximate surface area is 140 Å². The van der Waals surface area contributed by atoms with Crippen LogP contribution in [0.3, 0.4) is 0 Å². The van der Waals surface area contributed by atoms with Crippen molar-refractivity contribution in [3.63, 3.8) is 0 Å². The first-order chi connectivity index (χ1) is 11.8. The Bertz CT molecular complexity index is 886. The number of fused-ring (bicyclic) bond motifs is 1. The van der Waals surface area contributed by atoms with Gasteiger partial charge in [0.05, 0.1) is 23.7 Å². The van der Waals surface area contributed by atoms with E-state index in [2.05, 4.69) is 20.5 Å². The first-order valence-electron chi connectivity index (χ1n) is 7.78. The third kappa shape index (κ3) is 3.46. The lowest BCUT2D eigenvalue weighted by Gasteiger charge is -2.04. The van der Waals surface area contributed by atoms with Crippen molar-refractivity contribution in [2.24, 2.45) is 20.5 Å². The molecule has 0 aliphatic rings. The second-order valence-electron chi connectivity index (χ2n) is 5.08. The zero-order chi connectivity index (χ0) is 16.8. The second kappa shape index (κ2) is 7.46. The highest BCUT2D eigenvalue weighted by atomic mass is 16.5. The average molecular weight is 318 g/mol. The molecule has 0 radical (unpaired) electrons. The number of hydrogen-bond acceptors (Lipinski definition) is 5. The largest absolute Gasteiger partial charge is 0.494 e. The van der Waals surface area contributed by atoms with E-state index in [1.54, 1.807) is 7.05 Å². The van der Waals surface area contributed by atoms with Gasteiger partial charge in [-0.25, -0.2) is 0 Å². The summed E-state index contributed by atoms with van der Waals surface area (Å²) in [7, 11) is 1.66. The first-order valence-corrected chi connectivity index (χ1v) is 7.78. The number of benzene rings is 3. The van der Waals surface area contributed by atoms with E-state index in [0.29, 0.717) is 6.61 Å². The summed E-state index contributed by atoms with van der Waals surface area (Å²) in [5.41, 5.74) is 2.41. The van der Waals surface area contributed by atoms with Crippen molar-refractivity contribution in [2.75, 3.05) is 13.7 Å². The van der Waals surface area contributed by atoms with Gasteiger partial charge in [-0.3, -0.25) is 0 Å². The van der Waals surface area contributed by atoms with E-state index < -0.39 is 0 Å². The van der Waals surface area contributed by atoms with Crippen LogP contribution in [0.5, 0.6) is 5.75 Å². The van der Waals surface area contributed by atoms with Crippen LogP contribution in [0.25, 0.3) is 10.8 Å². The van der Waals surface area contributed by atoms with Gasteiger partial charge < -0.3 is 4.74 Å². The summed E-state index contributed by atoms with van der Waals surface area (Å²) < 4.78 is 5.43. The zero-order valence-electron chi connectivity index (χ0n) is 13.7. The summed E-state index contributed by atoms with van der Waals surface area (Å²) in [6.07, 6.45) is 0. The number of nitrogens with zero attached hydrogens (tertiary/aromatic N) is 4. The number of ether oxygens (including phenoxy) is 1. The lowest BCUT2D eigenvalue weighted by molar-refractivity contribution is 0.340. The van der Waals surface area contributed by atoms with E-state index >= 15 is 0 Å². The summed E-state index contributed by atoms with van der Waals surface area (Å²) in [5, 5.41) is 18.7. The fraction of sp³-hybridized carbons (Fsp3) is 0.158. The number of hydrogen-bond donors (Lipinski definition) is 0. The van der Waals surface area contributed by atoms with Crippen LogP contribution >= 0.6 is 0 Å². The van der Waals surface area contributed by atoms with Gasteiger partial charge in [-0.2, -0.15) is 15.3 Å². The number of rotatable bonds is 5. The van der Waals surface area contributed by atoms with Gasteiger partial charge in [0.15, 0.2) is 0 Å². The van der Waals surface area contributed by atoms with Gasteiger partial charge in [0.1, 0.15) is 5.75 Å². The molecule has 120 valence electrons. The highest BCUT2D eigenvalue weighted by molar-refractivity contribution is 5.99. The third-order valence-electron chi connectivity index (χ3n) is 3.51. The van der Waals surface area contributed by atoms with Crippen LogP contribution in [-0.4, -0.2) is 13.7 Å². The van der Waals surface area contributed by atoms with Gasteiger partial charge in [-0.05, 0) is 43.3 Å². The standard InChI is InChI=1S/C19H18N4O/c1-3-24-15-10-8-14(9-11-15)21-23-19-13-12-18(22-20-2)16-6-4-5-7-17(16)19/h4-13H,3H2,1-2H3. The van der Waals surface area contributed by atoms with Gasteiger partial charge in [0, 0.05) is 17.8 Å². The van der Waals surface area contributed by atoms with Crippen molar-refractivity contribution < 1.29 is 4.74 Å². The maximum absolute atomic E-state index is 5.43. The molecule has 5 heteroatoms. The quantitative estimate of drug-likeness (QED) is 0.504. The molecule has 0 spiro atoms. The molecular formula is C19H18N4O. The van der Waals surface area contributed by atoms with E-state index in [0.717, 1.165) is 33.6 Å². The Morgan fingerprint density at radius 3 is 1.96 bits per heavy atom. The van der Waals surface area contributed by atoms with Gasteiger partial charge in [-0.15, -0.1) is 5.11 Å². The first kappa shape index (κ1) is 15.8. The SMILES string of the molecule is CCOc1ccc(N=Nc2ccc(N=NC)c3ccccc23)cc1. The van der Waals surface area contributed by atoms with E-state index in [9.17, 15) is 0 Å². The van der Waals surface area contributed by atoms with Gasteiger partial charge in [0.25, 0.3) is 0 Å². The highest BCUT2D eigenvalue weighted by Crippen LogP contribution is 2.34. The normalized spacial score (nSPS) is 11.6. The Balaban J connectivity index is 1.93. The minimum Gasteiger partial charge on any atom is -0.494 e. The molecule has 0 saturated carbocycles. The van der Waals surface area contributed by atoms with Crippen molar-refractivity contribution in [1.82, 2.24) is 0 Å². The molecule has 24 heavy (non-hydrogen) atoms. The van der Waals surface area contributed by atoms with Gasteiger partial charge in [0.2, 0.25) is 0 Å². The minimum absolute atomic E-state index is 0.647. The summed E-state index contributed by atoms with van der Waals surface area (Å²) >= 11 is 0. The van der Waals surface area contributed by atoms with Crippen molar-refractivity contribution >= 4 is 27.8 Å². The van der Waals surface area contributed by atoms with E-state index in [-0.39, 0.29) is 0 Å². The summed E-state index contributed by atoms with van der Waals surface area (Å²) in [6.45, 7) is 2.61. The molecule has 0 fully saturated rings. The van der Waals surface area contributed by atoms with Gasteiger partial charge >= 0.3 is 0 Å².